The maximum atomic E-state index is 14.1. The molecule has 0 radical (unpaired) electrons. The summed E-state index contributed by atoms with van der Waals surface area (Å²) < 4.78 is 14.1. The highest BCUT2D eigenvalue weighted by atomic mass is 31.2. The Labute approximate surface area is 146 Å². The lowest BCUT2D eigenvalue weighted by atomic mass is 10.0. The van der Waals surface area contributed by atoms with Crippen LogP contribution in [0.2, 0.25) is 0 Å². The molecule has 2 aromatic carbocycles. The van der Waals surface area contributed by atoms with Crippen LogP contribution < -0.4 is 10.4 Å². The smallest absolute Gasteiger partial charge is 0.181 e. The second-order valence-electron chi connectivity index (χ2n) is 7.37. The lowest BCUT2D eigenvalue weighted by Gasteiger charge is -2.36. The zero-order valence-corrected chi connectivity index (χ0v) is 16.0. The van der Waals surface area contributed by atoms with Crippen molar-refractivity contribution in [1.29, 1.82) is 0 Å². The third-order valence-electron chi connectivity index (χ3n) is 4.16. The van der Waals surface area contributed by atoms with Gasteiger partial charge in [0.25, 0.3) is 0 Å². The summed E-state index contributed by atoms with van der Waals surface area (Å²) in [6.07, 6.45) is 0.761. The van der Waals surface area contributed by atoms with Crippen LogP contribution in [0.4, 0.5) is 0 Å². The van der Waals surface area contributed by atoms with Gasteiger partial charge in [-0.3, -0.25) is 5.09 Å². The molecule has 0 aromatic heterocycles. The van der Waals surface area contributed by atoms with Crippen LogP contribution in [-0.4, -0.2) is 5.16 Å². The zero-order valence-electron chi connectivity index (χ0n) is 15.1. The Bertz CT molecular complexity index is 717. The Balaban J connectivity index is 2.46. The number of nitrogens with one attached hydrogen (secondary N) is 1. The molecule has 0 amide bonds. The van der Waals surface area contributed by atoms with E-state index in [9.17, 15) is 4.57 Å². The zero-order chi connectivity index (χ0) is 17.8. The molecular weight excluding hydrogens is 313 g/mol. The van der Waals surface area contributed by atoms with Crippen molar-refractivity contribution >= 4 is 12.6 Å². The molecular formula is C21H28NOP. The normalized spacial score (nSPS) is 15.5. The highest BCUT2D eigenvalue weighted by molar-refractivity contribution is 7.71. The number of hydrogen-bond acceptors (Lipinski definition) is 1. The van der Waals surface area contributed by atoms with E-state index in [2.05, 4.69) is 23.8 Å². The van der Waals surface area contributed by atoms with Gasteiger partial charge in [-0.05, 0) is 18.9 Å². The van der Waals surface area contributed by atoms with Gasteiger partial charge in [-0.1, -0.05) is 87.0 Å². The second-order valence-corrected chi connectivity index (χ2v) is 10.7. The molecule has 0 bridgehead atoms. The molecule has 2 nitrogen and oxygen atoms in total. The maximum Gasteiger partial charge on any atom is 0.181 e. The van der Waals surface area contributed by atoms with Crippen LogP contribution in [0.25, 0.3) is 0 Å². The van der Waals surface area contributed by atoms with E-state index in [1.54, 1.807) is 0 Å². The molecule has 1 unspecified atom stereocenters. The lowest BCUT2D eigenvalue weighted by Crippen LogP contribution is -2.34. The molecule has 3 heteroatoms. The van der Waals surface area contributed by atoms with E-state index in [1.165, 1.54) is 0 Å². The summed E-state index contributed by atoms with van der Waals surface area (Å²) in [4.78, 5) is 0. The molecule has 1 N–H and O–H groups in total. The lowest BCUT2D eigenvalue weighted by molar-refractivity contribution is 0.525. The van der Waals surface area contributed by atoms with Crippen molar-refractivity contribution < 1.29 is 4.57 Å². The SMILES string of the molecule is C=C(C)C[C@H](NP(=O)(c1ccccc1)C(C)(C)C)c1ccccc1. The van der Waals surface area contributed by atoms with Gasteiger partial charge >= 0.3 is 0 Å². The van der Waals surface area contributed by atoms with Gasteiger partial charge in [-0.15, -0.1) is 6.58 Å². The Morgan fingerprint density at radius 1 is 1.04 bits per heavy atom. The monoisotopic (exact) mass is 341 g/mol. The van der Waals surface area contributed by atoms with Crippen LogP contribution in [0.15, 0.2) is 72.8 Å². The first-order valence-corrected chi connectivity index (χ1v) is 10.1. The van der Waals surface area contributed by atoms with Crippen LogP contribution in [0.5, 0.6) is 0 Å². The van der Waals surface area contributed by atoms with Gasteiger partial charge in [0.1, 0.15) is 0 Å². The quantitative estimate of drug-likeness (QED) is 0.540. The van der Waals surface area contributed by atoms with E-state index >= 15 is 0 Å². The predicted molar refractivity (Wildman–Crippen MR) is 105 cm³/mol. The van der Waals surface area contributed by atoms with Gasteiger partial charge < -0.3 is 4.57 Å². The standard InChI is InChI=1S/C21H28NOP/c1-17(2)16-20(18-12-8-6-9-13-18)22-24(23,21(3,4)5)19-14-10-7-11-15-19/h6-15,20H,1,16H2,2-5H3,(H,22,23)/t20-,24?/m0/s1. The fourth-order valence-electron chi connectivity index (χ4n) is 2.78. The first-order chi connectivity index (χ1) is 11.2. The van der Waals surface area contributed by atoms with E-state index in [0.29, 0.717) is 0 Å². The molecule has 0 spiro atoms. The Kier molecular flexibility index (Phi) is 5.85. The van der Waals surface area contributed by atoms with Crippen LogP contribution in [0, 0.1) is 0 Å². The van der Waals surface area contributed by atoms with E-state index in [4.69, 9.17) is 0 Å². The molecule has 2 aromatic rings. The molecule has 0 aliphatic rings. The minimum Gasteiger partial charge on any atom is -0.301 e. The number of benzene rings is 2. The molecule has 24 heavy (non-hydrogen) atoms. The summed E-state index contributed by atoms with van der Waals surface area (Å²) in [6.45, 7) is 12.2. The van der Waals surface area contributed by atoms with Crippen LogP contribution in [0.1, 0.15) is 45.7 Å². The average Bonchev–Trinajstić information content (AvgIpc) is 2.54. The summed E-state index contributed by atoms with van der Waals surface area (Å²) in [5, 5.41) is 4.03. The van der Waals surface area contributed by atoms with Crippen molar-refractivity contribution in [3.63, 3.8) is 0 Å². The number of hydrogen-bond donors (Lipinski definition) is 1. The molecule has 128 valence electrons. The summed E-state index contributed by atoms with van der Waals surface area (Å²) in [5.74, 6) is 0. The first-order valence-electron chi connectivity index (χ1n) is 8.37. The predicted octanol–water partition coefficient (Wildman–Crippen LogP) is 5.69. The van der Waals surface area contributed by atoms with E-state index < -0.39 is 7.29 Å². The average molecular weight is 341 g/mol. The van der Waals surface area contributed by atoms with E-state index in [0.717, 1.165) is 22.9 Å². The molecule has 0 heterocycles. The molecule has 2 atom stereocenters. The largest absolute Gasteiger partial charge is 0.301 e. The van der Waals surface area contributed by atoms with Crippen molar-refractivity contribution in [2.75, 3.05) is 0 Å². The molecule has 2 rings (SSSR count). The Morgan fingerprint density at radius 2 is 1.54 bits per heavy atom. The van der Waals surface area contributed by atoms with Gasteiger partial charge in [-0.2, -0.15) is 0 Å². The van der Waals surface area contributed by atoms with E-state index in [1.807, 2.05) is 76.2 Å². The van der Waals surface area contributed by atoms with Crippen LogP contribution in [0.3, 0.4) is 0 Å². The van der Waals surface area contributed by atoms with Crippen molar-refractivity contribution in [2.24, 2.45) is 0 Å². The van der Waals surface area contributed by atoms with Gasteiger partial charge in [0.05, 0.1) is 0 Å². The summed E-state index contributed by atoms with van der Waals surface area (Å²) in [5.41, 5.74) is 2.21. The van der Waals surface area contributed by atoms with Crippen molar-refractivity contribution in [2.45, 2.75) is 45.3 Å². The first kappa shape index (κ1) is 18.7. The van der Waals surface area contributed by atoms with E-state index in [-0.39, 0.29) is 11.2 Å². The summed E-state index contributed by atoms with van der Waals surface area (Å²) in [6, 6.07) is 20.0. The molecule has 0 saturated carbocycles. The molecule has 0 aliphatic carbocycles. The van der Waals surface area contributed by atoms with Gasteiger partial charge in [0.15, 0.2) is 7.29 Å². The van der Waals surface area contributed by atoms with Crippen LogP contribution in [-0.2, 0) is 4.57 Å². The Hall–Kier alpha value is -1.63. The van der Waals surface area contributed by atoms with Crippen molar-refractivity contribution in [3.05, 3.63) is 78.4 Å². The molecule has 0 fully saturated rings. The van der Waals surface area contributed by atoms with Gasteiger partial charge in [-0.25, -0.2) is 0 Å². The molecule has 0 aliphatic heterocycles. The highest BCUT2D eigenvalue weighted by Crippen LogP contribution is 2.55. The fraction of sp³-hybridized carbons (Fsp3) is 0.333. The molecule has 0 saturated heterocycles. The maximum absolute atomic E-state index is 14.1. The minimum absolute atomic E-state index is 0.0195. The minimum atomic E-state index is -2.82. The number of rotatable bonds is 6. The summed E-state index contributed by atoms with van der Waals surface area (Å²) >= 11 is 0. The van der Waals surface area contributed by atoms with Gasteiger partial charge in [0, 0.05) is 16.5 Å². The fourth-order valence-corrected chi connectivity index (χ4v) is 5.37. The third kappa shape index (κ3) is 4.26. The summed E-state index contributed by atoms with van der Waals surface area (Å²) in [7, 11) is -2.82. The van der Waals surface area contributed by atoms with Gasteiger partial charge in [0.2, 0.25) is 0 Å². The van der Waals surface area contributed by atoms with Crippen molar-refractivity contribution in [3.8, 4) is 0 Å². The second kappa shape index (κ2) is 7.51. The third-order valence-corrected chi connectivity index (χ3v) is 7.75. The Morgan fingerprint density at radius 3 is 2.00 bits per heavy atom. The van der Waals surface area contributed by atoms with Crippen LogP contribution >= 0.6 is 7.29 Å². The highest BCUT2D eigenvalue weighted by Gasteiger charge is 2.39. The van der Waals surface area contributed by atoms with Crippen molar-refractivity contribution in [1.82, 2.24) is 5.09 Å². The topological polar surface area (TPSA) is 29.1 Å².